The Morgan fingerprint density at radius 3 is 2.57 bits per heavy atom. The van der Waals surface area contributed by atoms with Crippen LogP contribution in [0.4, 0.5) is 11.4 Å². The number of esters is 1. The molecule has 1 N–H and O–H groups in total. The van der Waals surface area contributed by atoms with Crippen molar-refractivity contribution < 1.29 is 23.9 Å². The third-order valence-corrected chi connectivity index (χ3v) is 4.78. The molecule has 2 heterocycles. The number of benzene rings is 1. The zero-order valence-corrected chi connectivity index (χ0v) is 16.6. The number of fused-ring (bicyclic) bond motifs is 1. The van der Waals surface area contributed by atoms with Crippen LogP contribution in [-0.2, 0) is 21.4 Å². The molecule has 1 aliphatic rings. The van der Waals surface area contributed by atoms with Crippen molar-refractivity contribution in [3.05, 3.63) is 35.2 Å². The molecule has 0 spiro atoms. The Morgan fingerprint density at radius 1 is 1.25 bits per heavy atom. The highest BCUT2D eigenvalue weighted by molar-refractivity contribution is 6.20. The van der Waals surface area contributed by atoms with Gasteiger partial charge in [0.2, 0.25) is 0 Å². The van der Waals surface area contributed by atoms with Gasteiger partial charge in [0.25, 0.3) is 17.4 Å². The predicted octanol–water partition coefficient (Wildman–Crippen LogP) is 1.58. The van der Waals surface area contributed by atoms with Gasteiger partial charge in [0.05, 0.1) is 24.2 Å². The number of nitrogens with one attached hydrogen (secondary N) is 1. The van der Waals surface area contributed by atoms with E-state index in [2.05, 4.69) is 10.4 Å². The van der Waals surface area contributed by atoms with Crippen molar-refractivity contribution in [3.8, 4) is 5.75 Å². The van der Waals surface area contributed by atoms with Gasteiger partial charge in [0.1, 0.15) is 5.75 Å². The van der Waals surface area contributed by atoms with Crippen LogP contribution in [0, 0.1) is 13.8 Å². The molecule has 148 valence electrons. The summed E-state index contributed by atoms with van der Waals surface area (Å²) in [5, 5.41) is 6.77. The molecular weight excluding hydrogens is 364 g/mol. The lowest BCUT2D eigenvalue weighted by molar-refractivity contribution is -0.144. The highest BCUT2D eigenvalue weighted by Gasteiger charge is 2.50. The summed E-state index contributed by atoms with van der Waals surface area (Å²) in [5.41, 5.74) is 0.394. The quantitative estimate of drug-likeness (QED) is 0.635. The highest BCUT2D eigenvalue weighted by Crippen LogP contribution is 2.38. The summed E-state index contributed by atoms with van der Waals surface area (Å²) >= 11 is 0. The topological polar surface area (TPSA) is 103 Å². The minimum absolute atomic E-state index is 0.0737. The largest absolute Gasteiger partial charge is 0.465 e. The van der Waals surface area contributed by atoms with Gasteiger partial charge in [-0.3, -0.25) is 14.3 Å². The second-order valence-corrected chi connectivity index (χ2v) is 6.85. The van der Waals surface area contributed by atoms with E-state index in [9.17, 15) is 14.4 Å². The molecule has 1 unspecified atom stereocenters. The van der Waals surface area contributed by atoms with E-state index in [1.807, 2.05) is 19.1 Å². The normalized spacial score (nSPS) is 18.4. The molecule has 0 radical (unpaired) electrons. The van der Waals surface area contributed by atoms with Gasteiger partial charge < -0.3 is 19.7 Å². The van der Waals surface area contributed by atoms with Crippen LogP contribution >= 0.6 is 0 Å². The number of aromatic nitrogens is 2. The van der Waals surface area contributed by atoms with E-state index in [1.54, 1.807) is 27.1 Å². The number of aryl methyl sites for hydroxylation is 3. The van der Waals surface area contributed by atoms with E-state index in [1.165, 1.54) is 23.6 Å². The number of amides is 2. The SMILES string of the molecule is COC(=O)c1c(NC(=O)C2(C)Oc3ccc(C)cc3N(C)C2=O)c(C)nn1C. The summed E-state index contributed by atoms with van der Waals surface area (Å²) in [5.74, 6) is -1.47. The van der Waals surface area contributed by atoms with E-state index in [-0.39, 0.29) is 11.4 Å². The molecule has 1 aromatic carbocycles. The number of anilines is 2. The van der Waals surface area contributed by atoms with E-state index < -0.39 is 23.4 Å². The van der Waals surface area contributed by atoms with E-state index >= 15 is 0 Å². The maximum atomic E-state index is 13.1. The predicted molar refractivity (Wildman–Crippen MR) is 102 cm³/mol. The Morgan fingerprint density at radius 2 is 1.93 bits per heavy atom. The molecule has 0 saturated heterocycles. The van der Waals surface area contributed by atoms with Crippen LogP contribution in [0.3, 0.4) is 0 Å². The van der Waals surface area contributed by atoms with E-state index in [0.29, 0.717) is 17.1 Å². The van der Waals surface area contributed by atoms with Crippen molar-refractivity contribution in [2.75, 3.05) is 24.4 Å². The fraction of sp³-hybridized carbons (Fsp3) is 0.368. The second-order valence-electron chi connectivity index (χ2n) is 6.85. The smallest absolute Gasteiger partial charge is 0.358 e. The highest BCUT2D eigenvalue weighted by atomic mass is 16.5. The fourth-order valence-corrected chi connectivity index (χ4v) is 3.18. The number of ether oxygens (including phenoxy) is 2. The van der Waals surface area contributed by atoms with Crippen LogP contribution < -0.4 is 15.0 Å². The minimum Gasteiger partial charge on any atom is -0.465 e. The van der Waals surface area contributed by atoms with Crippen molar-refractivity contribution in [1.29, 1.82) is 0 Å². The van der Waals surface area contributed by atoms with Gasteiger partial charge >= 0.3 is 5.97 Å². The van der Waals surface area contributed by atoms with Gasteiger partial charge in [-0.15, -0.1) is 0 Å². The molecule has 0 fully saturated rings. The first-order valence-electron chi connectivity index (χ1n) is 8.61. The summed E-state index contributed by atoms with van der Waals surface area (Å²) in [7, 11) is 4.38. The zero-order chi connectivity index (χ0) is 20.8. The van der Waals surface area contributed by atoms with E-state index in [0.717, 1.165) is 5.56 Å². The van der Waals surface area contributed by atoms with Gasteiger partial charge in [-0.2, -0.15) is 5.10 Å². The number of hydrogen-bond acceptors (Lipinski definition) is 6. The van der Waals surface area contributed by atoms with Crippen molar-refractivity contribution >= 4 is 29.2 Å². The maximum absolute atomic E-state index is 13.1. The third-order valence-electron chi connectivity index (χ3n) is 4.78. The molecule has 9 heteroatoms. The molecule has 28 heavy (non-hydrogen) atoms. The third kappa shape index (κ3) is 2.88. The number of rotatable bonds is 3. The summed E-state index contributed by atoms with van der Waals surface area (Å²) in [6, 6.07) is 5.36. The first-order valence-corrected chi connectivity index (χ1v) is 8.61. The lowest BCUT2D eigenvalue weighted by atomic mass is 9.99. The lowest BCUT2D eigenvalue weighted by Gasteiger charge is -2.38. The summed E-state index contributed by atoms with van der Waals surface area (Å²) in [6.45, 7) is 4.93. The van der Waals surface area contributed by atoms with Crippen molar-refractivity contribution in [1.82, 2.24) is 9.78 Å². The molecular formula is C19H22N4O5. The number of methoxy groups -OCH3 is 1. The molecule has 1 aliphatic heterocycles. The maximum Gasteiger partial charge on any atom is 0.358 e. The van der Waals surface area contributed by atoms with Crippen molar-refractivity contribution in [2.45, 2.75) is 26.4 Å². The van der Waals surface area contributed by atoms with Crippen LogP contribution in [0.25, 0.3) is 0 Å². The molecule has 9 nitrogen and oxygen atoms in total. The Hall–Kier alpha value is -3.36. The molecule has 0 saturated carbocycles. The monoisotopic (exact) mass is 386 g/mol. The first-order chi connectivity index (χ1) is 13.1. The standard InChI is InChI=1S/C19H22N4O5/c1-10-7-8-13-12(9-10)22(4)18(26)19(3,28-13)17(25)20-14-11(2)21-23(5)15(14)16(24)27-6/h7-9H,1-6H3,(H,20,25). The lowest BCUT2D eigenvalue weighted by Crippen LogP contribution is -2.59. The number of nitrogens with zero attached hydrogens (tertiary/aromatic N) is 3. The summed E-state index contributed by atoms with van der Waals surface area (Å²) < 4.78 is 11.9. The van der Waals surface area contributed by atoms with Crippen LogP contribution in [0.15, 0.2) is 18.2 Å². The molecule has 1 aromatic heterocycles. The van der Waals surface area contributed by atoms with Gasteiger partial charge in [-0.1, -0.05) is 6.07 Å². The molecule has 2 aromatic rings. The van der Waals surface area contributed by atoms with Gasteiger partial charge in [-0.05, 0) is 38.5 Å². The number of hydrogen-bond donors (Lipinski definition) is 1. The first kappa shape index (κ1) is 19.4. The van der Waals surface area contributed by atoms with Gasteiger partial charge in [0.15, 0.2) is 5.69 Å². The van der Waals surface area contributed by atoms with Crippen molar-refractivity contribution in [3.63, 3.8) is 0 Å². The Kier molecular flexibility index (Phi) is 4.62. The van der Waals surface area contributed by atoms with Crippen LogP contribution in [-0.4, -0.2) is 47.3 Å². The molecule has 2 amide bonds. The minimum atomic E-state index is -1.81. The Balaban J connectivity index is 1.98. The van der Waals surface area contributed by atoms with Crippen LogP contribution in [0.1, 0.15) is 28.7 Å². The van der Waals surface area contributed by atoms with Crippen molar-refractivity contribution in [2.24, 2.45) is 7.05 Å². The Bertz CT molecular complexity index is 996. The molecule has 0 aliphatic carbocycles. The molecule has 0 bridgehead atoms. The second kappa shape index (κ2) is 6.66. The number of carbonyl (C=O) groups is 3. The average molecular weight is 386 g/mol. The molecule has 3 rings (SSSR count). The molecule has 1 atom stereocenters. The zero-order valence-electron chi connectivity index (χ0n) is 16.6. The number of likely N-dealkylation sites (N-methyl/N-ethyl adjacent to an activating group) is 1. The van der Waals surface area contributed by atoms with Gasteiger partial charge in [0, 0.05) is 14.1 Å². The van der Waals surface area contributed by atoms with Crippen LogP contribution in [0.2, 0.25) is 0 Å². The van der Waals surface area contributed by atoms with Gasteiger partial charge in [-0.25, -0.2) is 4.79 Å². The Labute approximate surface area is 162 Å². The van der Waals surface area contributed by atoms with Crippen LogP contribution in [0.5, 0.6) is 5.75 Å². The fourth-order valence-electron chi connectivity index (χ4n) is 3.18. The number of carbonyl (C=O) groups excluding carboxylic acids is 3. The van der Waals surface area contributed by atoms with E-state index in [4.69, 9.17) is 9.47 Å². The average Bonchev–Trinajstić information content (AvgIpc) is 2.93. The summed E-state index contributed by atoms with van der Waals surface area (Å²) in [4.78, 5) is 39.5. The summed E-state index contributed by atoms with van der Waals surface area (Å²) in [6.07, 6.45) is 0.